The molecule has 17 heavy (non-hydrogen) atoms. The molecule has 1 aliphatic heterocycles. The number of nitrogen functional groups attached to an aromatic ring is 1. The van der Waals surface area contributed by atoms with E-state index in [1.54, 1.807) is 0 Å². The van der Waals surface area contributed by atoms with Crippen LogP contribution in [0.15, 0.2) is 23.2 Å². The van der Waals surface area contributed by atoms with E-state index >= 15 is 0 Å². The molecule has 0 atom stereocenters. The first-order valence-corrected chi connectivity index (χ1v) is 6.53. The molecule has 4 heteroatoms. The largest absolute Gasteiger partial charge is 0.399 e. The molecule has 2 rings (SSSR count). The summed E-state index contributed by atoms with van der Waals surface area (Å²) in [6.07, 6.45) is 0.890. The zero-order valence-electron chi connectivity index (χ0n) is 10.5. The number of nitrogens with zero attached hydrogens (tertiary/aromatic N) is 1. The monoisotopic (exact) mass is 251 g/mol. The van der Waals surface area contributed by atoms with Crippen LogP contribution in [0.4, 0.5) is 5.69 Å². The van der Waals surface area contributed by atoms with Gasteiger partial charge in [-0.25, -0.2) is 0 Å². The maximum absolute atomic E-state index is 5.75. The number of rotatable bonds is 2. The minimum atomic E-state index is 0.857. The molecule has 0 fully saturated rings. The highest BCUT2D eigenvalue weighted by Crippen LogP contribution is 2.13. The van der Waals surface area contributed by atoms with Crippen LogP contribution in [0.25, 0.3) is 0 Å². The maximum atomic E-state index is 5.75. The maximum Gasteiger partial charge on any atom is 0.101 e. The zero-order chi connectivity index (χ0) is 12.7. The number of benzene rings is 1. The molecule has 0 amide bonds. The molecular formula is C13H21N3S. The van der Waals surface area contributed by atoms with Crippen LogP contribution in [0.2, 0.25) is 0 Å². The number of hydrogen-bond donors (Lipinski definition) is 3. The van der Waals surface area contributed by atoms with Crippen molar-refractivity contribution in [2.24, 2.45) is 4.99 Å². The summed E-state index contributed by atoms with van der Waals surface area (Å²) >= 11 is 3.79. The van der Waals surface area contributed by atoms with E-state index < -0.39 is 0 Å². The summed E-state index contributed by atoms with van der Waals surface area (Å²) in [7, 11) is 0. The van der Waals surface area contributed by atoms with E-state index in [0.717, 1.165) is 42.3 Å². The predicted molar refractivity (Wildman–Crippen MR) is 79.1 cm³/mol. The van der Waals surface area contributed by atoms with Crippen molar-refractivity contribution >= 4 is 24.2 Å². The Morgan fingerprint density at radius 2 is 2.18 bits per heavy atom. The van der Waals surface area contributed by atoms with Crippen molar-refractivity contribution < 1.29 is 0 Å². The Kier molecular flexibility index (Phi) is 5.91. The second-order valence-corrected chi connectivity index (χ2v) is 4.57. The highest BCUT2D eigenvalue weighted by Gasteiger charge is 2.06. The summed E-state index contributed by atoms with van der Waals surface area (Å²) in [5, 5.41) is 3.26. The minimum Gasteiger partial charge on any atom is -0.399 e. The van der Waals surface area contributed by atoms with Gasteiger partial charge in [-0.1, -0.05) is 19.1 Å². The molecule has 1 aromatic carbocycles. The fourth-order valence-corrected chi connectivity index (χ4v) is 1.61. The number of amidine groups is 1. The Labute approximate surface area is 109 Å². The fraction of sp³-hybridized carbons (Fsp3) is 0.462. The van der Waals surface area contributed by atoms with Gasteiger partial charge in [-0.2, -0.15) is 12.6 Å². The van der Waals surface area contributed by atoms with E-state index in [9.17, 15) is 0 Å². The summed E-state index contributed by atoms with van der Waals surface area (Å²) in [5.41, 5.74) is 9.02. The van der Waals surface area contributed by atoms with E-state index in [1.165, 1.54) is 5.56 Å². The molecule has 1 aliphatic rings. The third kappa shape index (κ3) is 4.69. The average molecular weight is 251 g/mol. The summed E-state index contributed by atoms with van der Waals surface area (Å²) < 4.78 is 0. The number of aryl methyl sites for hydroxylation is 1. The van der Waals surface area contributed by atoms with Crippen molar-refractivity contribution in [2.45, 2.75) is 20.3 Å². The van der Waals surface area contributed by atoms with E-state index in [1.807, 2.05) is 19.9 Å². The number of thiol groups is 1. The highest BCUT2D eigenvalue weighted by atomic mass is 32.1. The van der Waals surface area contributed by atoms with Crippen molar-refractivity contribution in [2.75, 3.05) is 24.6 Å². The van der Waals surface area contributed by atoms with Gasteiger partial charge in [-0.05, 0) is 29.9 Å². The molecule has 0 unspecified atom stereocenters. The van der Waals surface area contributed by atoms with E-state index in [2.05, 4.69) is 35.1 Å². The third-order valence-corrected chi connectivity index (χ3v) is 2.45. The van der Waals surface area contributed by atoms with Crippen LogP contribution in [0, 0.1) is 6.92 Å². The molecule has 1 heterocycles. The standard InChI is InChI=1S/C11H15N3.C2H6S/c1-8-6-9(2-3-10(8)12)7-11-13-4-5-14-11;1-2-3/h2-3,6H,4-5,7,12H2,1H3,(H,13,14);3H,2H2,1H3. The number of aliphatic imine (C=N–C) groups is 1. The van der Waals surface area contributed by atoms with Crippen LogP contribution in [-0.2, 0) is 6.42 Å². The lowest BCUT2D eigenvalue weighted by Gasteiger charge is -2.05. The molecule has 0 radical (unpaired) electrons. The second kappa shape index (κ2) is 7.22. The molecular weight excluding hydrogens is 230 g/mol. The molecule has 3 nitrogen and oxygen atoms in total. The van der Waals surface area contributed by atoms with Gasteiger partial charge >= 0.3 is 0 Å². The second-order valence-electron chi connectivity index (χ2n) is 3.94. The summed E-state index contributed by atoms with van der Waals surface area (Å²) in [5.74, 6) is 2.04. The Bertz CT molecular complexity index is 388. The SMILES string of the molecule is CCS.Cc1cc(CC2=NCCN2)ccc1N. The summed E-state index contributed by atoms with van der Waals surface area (Å²) in [6, 6.07) is 6.14. The van der Waals surface area contributed by atoms with Gasteiger partial charge in [0.05, 0.1) is 6.54 Å². The van der Waals surface area contributed by atoms with Crippen LogP contribution in [0.1, 0.15) is 18.1 Å². The van der Waals surface area contributed by atoms with Crippen LogP contribution in [0.5, 0.6) is 0 Å². The number of nitrogens with one attached hydrogen (secondary N) is 1. The Hall–Kier alpha value is -1.16. The molecule has 1 aromatic rings. The molecule has 0 spiro atoms. The summed E-state index contributed by atoms with van der Waals surface area (Å²) in [6.45, 7) is 5.90. The molecule has 0 saturated carbocycles. The van der Waals surface area contributed by atoms with Crippen LogP contribution in [0.3, 0.4) is 0 Å². The number of nitrogens with two attached hydrogens (primary N) is 1. The van der Waals surface area contributed by atoms with Crippen LogP contribution in [-0.4, -0.2) is 24.7 Å². The highest BCUT2D eigenvalue weighted by molar-refractivity contribution is 7.80. The van der Waals surface area contributed by atoms with Crippen LogP contribution < -0.4 is 11.1 Å². The first-order valence-electron chi connectivity index (χ1n) is 5.90. The minimum absolute atomic E-state index is 0.857. The quantitative estimate of drug-likeness (QED) is 0.556. The lowest BCUT2D eigenvalue weighted by molar-refractivity contribution is 0.953. The van der Waals surface area contributed by atoms with Crippen LogP contribution >= 0.6 is 12.6 Å². The Morgan fingerprint density at radius 3 is 2.71 bits per heavy atom. The lowest BCUT2D eigenvalue weighted by Crippen LogP contribution is -2.20. The van der Waals surface area contributed by atoms with Gasteiger partial charge in [0.1, 0.15) is 5.84 Å². The average Bonchev–Trinajstić information content (AvgIpc) is 2.77. The van der Waals surface area contributed by atoms with Crippen molar-refractivity contribution in [3.63, 3.8) is 0 Å². The topological polar surface area (TPSA) is 50.4 Å². The van der Waals surface area contributed by atoms with Crippen molar-refractivity contribution in [1.29, 1.82) is 0 Å². The first kappa shape index (κ1) is 13.9. The Morgan fingerprint density at radius 1 is 1.47 bits per heavy atom. The zero-order valence-corrected chi connectivity index (χ0v) is 11.4. The van der Waals surface area contributed by atoms with Crippen molar-refractivity contribution in [3.05, 3.63) is 29.3 Å². The van der Waals surface area contributed by atoms with Gasteiger partial charge in [0.2, 0.25) is 0 Å². The molecule has 0 aromatic heterocycles. The molecule has 0 saturated heterocycles. The van der Waals surface area contributed by atoms with Gasteiger partial charge in [0, 0.05) is 18.7 Å². The third-order valence-electron chi connectivity index (χ3n) is 2.45. The number of hydrogen-bond acceptors (Lipinski definition) is 4. The smallest absolute Gasteiger partial charge is 0.101 e. The van der Waals surface area contributed by atoms with Crippen molar-refractivity contribution in [3.8, 4) is 0 Å². The van der Waals surface area contributed by atoms with Gasteiger partial charge in [0.25, 0.3) is 0 Å². The fourth-order valence-electron chi connectivity index (χ4n) is 1.61. The first-order chi connectivity index (χ1) is 8.17. The Balaban J connectivity index is 0.000000437. The normalized spacial score (nSPS) is 13.5. The van der Waals surface area contributed by atoms with E-state index in [-0.39, 0.29) is 0 Å². The van der Waals surface area contributed by atoms with E-state index in [4.69, 9.17) is 5.73 Å². The van der Waals surface area contributed by atoms with Gasteiger partial charge < -0.3 is 11.1 Å². The lowest BCUT2D eigenvalue weighted by atomic mass is 10.1. The summed E-state index contributed by atoms with van der Waals surface area (Å²) in [4.78, 5) is 4.36. The number of anilines is 1. The van der Waals surface area contributed by atoms with Gasteiger partial charge in [0.15, 0.2) is 0 Å². The van der Waals surface area contributed by atoms with Crippen molar-refractivity contribution in [1.82, 2.24) is 5.32 Å². The van der Waals surface area contributed by atoms with E-state index in [0.29, 0.717) is 0 Å². The molecule has 0 aliphatic carbocycles. The van der Waals surface area contributed by atoms with Gasteiger partial charge in [-0.3, -0.25) is 4.99 Å². The van der Waals surface area contributed by atoms with Gasteiger partial charge in [-0.15, -0.1) is 0 Å². The predicted octanol–water partition coefficient (Wildman–Crippen LogP) is 2.06. The molecule has 94 valence electrons. The molecule has 0 bridgehead atoms. The molecule has 3 N–H and O–H groups in total.